The molecule has 1 fully saturated rings. The van der Waals surface area contributed by atoms with E-state index in [1.165, 1.54) is 24.8 Å². The van der Waals surface area contributed by atoms with E-state index in [1.54, 1.807) is 0 Å². The van der Waals surface area contributed by atoms with Crippen molar-refractivity contribution in [2.75, 3.05) is 13.2 Å². The molecule has 2 rings (SSSR count). The van der Waals surface area contributed by atoms with Crippen molar-refractivity contribution in [3.63, 3.8) is 0 Å². The molecule has 18 heavy (non-hydrogen) atoms. The summed E-state index contributed by atoms with van der Waals surface area (Å²) in [6.07, 6.45) is 8.32. The van der Waals surface area contributed by atoms with Crippen LogP contribution in [0.2, 0.25) is 0 Å². The minimum Gasteiger partial charge on any atom is -0.380 e. The van der Waals surface area contributed by atoms with Gasteiger partial charge < -0.3 is 10.5 Å². The summed E-state index contributed by atoms with van der Waals surface area (Å²) in [7, 11) is 0. The monoisotopic (exact) mass is 247 g/mol. The lowest BCUT2D eigenvalue weighted by molar-refractivity contribution is 0.0667. The molecular weight excluding hydrogens is 222 g/mol. The van der Waals surface area contributed by atoms with Gasteiger partial charge in [-0.25, -0.2) is 0 Å². The van der Waals surface area contributed by atoms with Gasteiger partial charge in [0.2, 0.25) is 0 Å². The van der Waals surface area contributed by atoms with Gasteiger partial charge in [0.25, 0.3) is 0 Å². The minimum atomic E-state index is -0.0367. The average molecular weight is 247 g/mol. The molecule has 2 nitrogen and oxygen atoms in total. The van der Waals surface area contributed by atoms with Crippen LogP contribution in [0.15, 0.2) is 30.3 Å². The Kier molecular flexibility index (Phi) is 5.21. The van der Waals surface area contributed by atoms with E-state index in [9.17, 15) is 0 Å². The second-order valence-corrected chi connectivity index (χ2v) is 5.56. The molecule has 1 saturated carbocycles. The molecule has 0 heterocycles. The Morgan fingerprint density at radius 2 is 1.78 bits per heavy atom. The maximum atomic E-state index is 6.33. The molecule has 1 aliphatic carbocycles. The summed E-state index contributed by atoms with van der Waals surface area (Å²) in [4.78, 5) is 0. The second kappa shape index (κ2) is 6.91. The van der Waals surface area contributed by atoms with Crippen molar-refractivity contribution in [1.82, 2.24) is 0 Å². The molecule has 0 aromatic heterocycles. The van der Waals surface area contributed by atoms with E-state index in [-0.39, 0.29) is 5.54 Å². The van der Waals surface area contributed by atoms with E-state index < -0.39 is 0 Å². The highest BCUT2D eigenvalue weighted by atomic mass is 16.5. The fourth-order valence-corrected chi connectivity index (χ4v) is 2.70. The maximum absolute atomic E-state index is 6.33. The number of hydrogen-bond acceptors (Lipinski definition) is 2. The van der Waals surface area contributed by atoms with Crippen molar-refractivity contribution in [3.05, 3.63) is 35.9 Å². The highest BCUT2D eigenvalue weighted by Crippen LogP contribution is 2.26. The molecule has 0 aliphatic heterocycles. The van der Waals surface area contributed by atoms with Gasteiger partial charge >= 0.3 is 0 Å². The largest absolute Gasteiger partial charge is 0.380 e. The summed E-state index contributed by atoms with van der Waals surface area (Å²) in [5.41, 5.74) is 7.68. The topological polar surface area (TPSA) is 35.2 Å². The molecule has 0 spiro atoms. The molecule has 0 radical (unpaired) electrons. The number of nitrogens with two attached hydrogens (primary N) is 1. The molecule has 2 N–H and O–H groups in total. The van der Waals surface area contributed by atoms with Crippen LogP contribution in [-0.4, -0.2) is 18.8 Å². The van der Waals surface area contributed by atoms with Crippen LogP contribution in [0.1, 0.15) is 44.1 Å². The molecule has 2 heteroatoms. The Morgan fingerprint density at radius 3 is 2.50 bits per heavy atom. The van der Waals surface area contributed by atoms with E-state index in [1.807, 2.05) is 0 Å². The fraction of sp³-hybridized carbons (Fsp3) is 0.625. The first-order valence-corrected chi connectivity index (χ1v) is 7.19. The third-order valence-corrected chi connectivity index (χ3v) is 3.84. The normalized spacial score (nSPS) is 18.7. The zero-order valence-corrected chi connectivity index (χ0v) is 11.2. The number of aryl methyl sites for hydroxylation is 1. The fourth-order valence-electron chi connectivity index (χ4n) is 2.70. The van der Waals surface area contributed by atoms with Crippen LogP contribution < -0.4 is 5.73 Å². The van der Waals surface area contributed by atoms with Crippen molar-refractivity contribution in [2.24, 2.45) is 5.73 Å². The van der Waals surface area contributed by atoms with E-state index >= 15 is 0 Å². The summed E-state index contributed by atoms with van der Waals surface area (Å²) in [5, 5.41) is 0. The third-order valence-electron chi connectivity index (χ3n) is 3.84. The summed E-state index contributed by atoms with van der Waals surface area (Å²) in [6.45, 7) is 1.57. The Labute approximate surface area is 111 Å². The van der Waals surface area contributed by atoms with Gasteiger partial charge in [-0.05, 0) is 31.2 Å². The summed E-state index contributed by atoms with van der Waals surface area (Å²) in [5.74, 6) is 0. The molecule has 0 amide bonds. The lowest BCUT2D eigenvalue weighted by Gasteiger charge is -2.33. The molecule has 1 aromatic carbocycles. The molecule has 1 aromatic rings. The van der Waals surface area contributed by atoms with Crippen molar-refractivity contribution in [1.29, 1.82) is 0 Å². The van der Waals surface area contributed by atoms with Gasteiger partial charge in [0.1, 0.15) is 0 Å². The number of hydrogen-bond donors (Lipinski definition) is 1. The van der Waals surface area contributed by atoms with Crippen molar-refractivity contribution in [3.8, 4) is 0 Å². The Hall–Kier alpha value is -0.860. The van der Waals surface area contributed by atoms with E-state index in [2.05, 4.69) is 30.3 Å². The summed E-state index contributed by atoms with van der Waals surface area (Å²) >= 11 is 0. The first kappa shape index (κ1) is 13.6. The molecule has 100 valence electrons. The summed E-state index contributed by atoms with van der Waals surface area (Å²) in [6, 6.07) is 10.6. The van der Waals surface area contributed by atoms with Gasteiger partial charge in [0, 0.05) is 12.1 Å². The standard InChI is InChI=1S/C16H25NO/c17-16(11-5-2-6-12-16)14-18-13-7-10-15-8-3-1-4-9-15/h1,3-4,8-9H,2,5-7,10-14,17H2. The SMILES string of the molecule is NC1(COCCCc2ccccc2)CCCCC1. The lowest BCUT2D eigenvalue weighted by atomic mass is 9.83. The highest BCUT2D eigenvalue weighted by molar-refractivity contribution is 5.14. The van der Waals surface area contributed by atoms with E-state index in [0.29, 0.717) is 0 Å². The van der Waals surface area contributed by atoms with E-state index in [0.717, 1.165) is 38.9 Å². The predicted molar refractivity (Wildman–Crippen MR) is 75.6 cm³/mol. The average Bonchev–Trinajstić information content (AvgIpc) is 2.40. The molecule has 0 atom stereocenters. The van der Waals surface area contributed by atoms with Crippen molar-refractivity contribution in [2.45, 2.75) is 50.5 Å². The highest BCUT2D eigenvalue weighted by Gasteiger charge is 2.27. The predicted octanol–water partition coefficient (Wildman–Crippen LogP) is 3.30. The van der Waals surface area contributed by atoms with Gasteiger partial charge in [0.05, 0.1) is 6.61 Å². The number of ether oxygens (including phenoxy) is 1. The maximum Gasteiger partial charge on any atom is 0.0646 e. The van der Waals surface area contributed by atoms with Crippen LogP contribution in [0.3, 0.4) is 0 Å². The first-order chi connectivity index (χ1) is 8.79. The van der Waals surface area contributed by atoms with Crippen LogP contribution in [-0.2, 0) is 11.2 Å². The lowest BCUT2D eigenvalue weighted by Crippen LogP contribution is -2.46. The summed E-state index contributed by atoms with van der Waals surface area (Å²) < 4.78 is 5.77. The zero-order chi connectivity index (χ0) is 12.7. The molecular formula is C16H25NO. The number of benzene rings is 1. The number of rotatable bonds is 6. The van der Waals surface area contributed by atoms with Crippen LogP contribution >= 0.6 is 0 Å². The van der Waals surface area contributed by atoms with Crippen molar-refractivity contribution >= 4 is 0 Å². The zero-order valence-electron chi connectivity index (χ0n) is 11.2. The van der Waals surface area contributed by atoms with Crippen LogP contribution in [0.25, 0.3) is 0 Å². The van der Waals surface area contributed by atoms with Gasteiger partial charge in [-0.1, -0.05) is 49.6 Å². The minimum absolute atomic E-state index is 0.0367. The Bertz CT molecular complexity index is 330. The first-order valence-electron chi connectivity index (χ1n) is 7.19. The van der Waals surface area contributed by atoms with Crippen LogP contribution in [0, 0.1) is 0 Å². The Balaban J connectivity index is 1.58. The molecule has 0 saturated heterocycles. The molecule has 0 unspecified atom stereocenters. The molecule has 1 aliphatic rings. The third kappa shape index (κ3) is 4.43. The van der Waals surface area contributed by atoms with E-state index in [4.69, 9.17) is 10.5 Å². The van der Waals surface area contributed by atoms with Gasteiger partial charge in [0.15, 0.2) is 0 Å². The van der Waals surface area contributed by atoms with Gasteiger partial charge in [-0.3, -0.25) is 0 Å². The smallest absolute Gasteiger partial charge is 0.0646 e. The van der Waals surface area contributed by atoms with Crippen LogP contribution in [0.4, 0.5) is 0 Å². The Morgan fingerprint density at radius 1 is 1.06 bits per heavy atom. The second-order valence-electron chi connectivity index (χ2n) is 5.56. The van der Waals surface area contributed by atoms with Crippen LogP contribution in [0.5, 0.6) is 0 Å². The molecule has 0 bridgehead atoms. The quantitative estimate of drug-likeness (QED) is 0.783. The van der Waals surface area contributed by atoms with Gasteiger partial charge in [-0.2, -0.15) is 0 Å². The van der Waals surface area contributed by atoms with Crippen molar-refractivity contribution < 1.29 is 4.74 Å². The van der Waals surface area contributed by atoms with Gasteiger partial charge in [-0.15, -0.1) is 0 Å².